The fourth-order valence-corrected chi connectivity index (χ4v) is 2.27. The summed E-state index contributed by atoms with van der Waals surface area (Å²) in [5.41, 5.74) is 1.49. The predicted octanol–water partition coefficient (Wildman–Crippen LogP) is 2.97. The average molecular weight is 245 g/mol. The Morgan fingerprint density at radius 2 is 2.11 bits per heavy atom. The number of benzene rings is 1. The summed E-state index contributed by atoms with van der Waals surface area (Å²) in [5, 5.41) is 3.35. The molecule has 0 spiro atoms. The summed E-state index contributed by atoms with van der Waals surface area (Å²) in [6.07, 6.45) is 7.13. The number of nitrogens with one attached hydrogen (secondary N) is 1. The van der Waals surface area contributed by atoms with Crippen LogP contribution >= 0.6 is 0 Å². The van der Waals surface area contributed by atoms with Crippen LogP contribution in [0.5, 0.6) is 0 Å². The Morgan fingerprint density at radius 1 is 1.28 bits per heavy atom. The molecular weight excluding hydrogens is 222 g/mol. The largest absolute Gasteiger partial charge is 0.383 e. The van der Waals surface area contributed by atoms with E-state index in [0.29, 0.717) is 0 Å². The summed E-state index contributed by atoms with van der Waals surface area (Å²) in [6.45, 7) is 2.78. The summed E-state index contributed by atoms with van der Waals surface area (Å²) in [4.78, 5) is 0. The van der Waals surface area contributed by atoms with Gasteiger partial charge in [0.25, 0.3) is 0 Å². The minimum absolute atomic E-state index is 0.768. The molecule has 0 saturated heterocycles. The lowest BCUT2D eigenvalue weighted by molar-refractivity contribution is 0.199. The Labute approximate surface area is 110 Å². The number of hydrogen-bond donors (Lipinski definition) is 1. The van der Waals surface area contributed by atoms with Crippen LogP contribution in [0.25, 0.3) is 0 Å². The van der Waals surface area contributed by atoms with Crippen molar-refractivity contribution in [2.75, 3.05) is 26.8 Å². The van der Waals surface area contributed by atoms with Gasteiger partial charge in [-0.1, -0.05) is 42.5 Å². The lowest BCUT2D eigenvalue weighted by Crippen LogP contribution is -2.19. The van der Waals surface area contributed by atoms with E-state index in [9.17, 15) is 0 Å². The summed E-state index contributed by atoms with van der Waals surface area (Å²) >= 11 is 0. The third-order valence-electron chi connectivity index (χ3n) is 3.42. The normalized spacial score (nSPS) is 22.5. The Kier molecular flexibility index (Phi) is 5.43. The van der Waals surface area contributed by atoms with Crippen molar-refractivity contribution in [2.45, 2.75) is 18.8 Å². The van der Waals surface area contributed by atoms with Crippen LogP contribution in [0.15, 0.2) is 42.5 Å². The summed E-state index contributed by atoms with van der Waals surface area (Å²) in [6, 6.07) is 10.8. The van der Waals surface area contributed by atoms with Crippen molar-refractivity contribution in [3.05, 3.63) is 48.0 Å². The second kappa shape index (κ2) is 7.34. The molecule has 0 heterocycles. The number of methoxy groups -OCH3 is 1. The number of allylic oxidation sites excluding steroid dienone is 1. The smallest absolute Gasteiger partial charge is 0.0587 e. The summed E-state index contributed by atoms with van der Waals surface area (Å²) in [5.74, 6) is 1.54. The number of ether oxygens (including phenoxy) is 1. The molecule has 1 aromatic rings. The van der Waals surface area contributed by atoms with E-state index >= 15 is 0 Å². The van der Waals surface area contributed by atoms with Crippen LogP contribution in [0.4, 0.5) is 0 Å². The second-order valence-electron chi connectivity index (χ2n) is 4.88. The topological polar surface area (TPSA) is 21.3 Å². The van der Waals surface area contributed by atoms with Gasteiger partial charge in [0.2, 0.25) is 0 Å². The van der Waals surface area contributed by atoms with E-state index < -0.39 is 0 Å². The SMILES string of the molecule is COCCNCC/C=C/C1CC1c1ccccc1. The van der Waals surface area contributed by atoms with Crippen LogP contribution in [0.3, 0.4) is 0 Å². The summed E-state index contributed by atoms with van der Waals surface area (Å²) in [7, 11) is 1.73. The van der Waals surface area contributed by atoms with E-state index in [-0.39, 0.29) is 0 Å². The van der Waals surface area contributed by atoms with Gasteiger partial charge in [-0.15, -0.1) is 0 Å². The molecule has 2 rings (SSSR count). The Hall–Kier alpha value is -1.12. The maximum absolute atomic E-state index is 4.98. The van der Waals surface area contributed by atoms with Gasteiger partial charge < -0.3 is 10.1 Å². The van der Waals surface area contributed by atoms with E-state index in [0.717, 1.165) is 38.0 Å². The van der Waals surface area contributed by atoms with Crippen molar-refractivity contribution in [1.82, 2.24) is 5.32 Å². The minimum atomic E-state index is 0.768. The summed E-state index contributed by atoms with van der Waals surface area (Å²) < 4.78 is 4.98. The lowest BCUT2D eigenvalue weighted by atomic mass is 10.1. The molecule has 0 amide bonds. The molecule has 1 saturated carbocycles. The predicted molar refractivity (Wildman–Crippen MR) is 75.8 cm³/mol. The second-order valence-corrected chi connectivity index (χ2v) is 4.88. The zero-order valence-electron chi connectivity index (χ0n) is 11.1. The van der Waals surface area contributed by atoms with Crippen LogP contribution in [-0.2, 0) is 4.74 Å². The van der Waals surface area contributed by atoms with E-state index in [4.69, 9.17) is 4.74 Å². The molecule has 1 N–H and O–H groups in total. The van der Waals surface area contributed by atoms with Gasteiger partial charge in [-0.2, -0.15) is 0 Å². The van der Waals surface area contributed by atoms with Crippen LogP contribution in [-0.4, -0.2) is 26.8 Å². The van der Waals surface area contributed by atoms with Gasteiger partial charge in [-0.3, -0.25) is 0 Å². The quantitative estimate of drug-likeness (QED) is 0.561. The Morgan fingerprint density at radius 3 is 2.89 bits per heavy atom. The van der Waals surface area contributed by atoms with Gasteiger partial charge in [-0.05, 0) is 36.8 Å². The molecule has 1 fully saturated rings. The maximum atomic E-state index is 4.98. The fourth-order valence-electron chi connectivity index (χ4n) is 2.27. The Balaban J connectivity index is 1.59. The van der Waals surface area contributed by atoms with Crippen LogP contribution < -0.4 is 5.32 Å². The van der Waals surface area contributed by atoms with Gasteiger partial charge in [0.1, 0.15) is 0 Å². The van der Waals surface area contributed by atoms with Gasteiger partial charge in [0.05, 0.1) is 6.61 Å². The third-order valence-corrected chi connectivity index (χ3v) is 3.42. The fraction of sp³-hybridized carbons (Fsp3) is 0.500. The van der Waals surface area contributed by atoms with E-state index in [1.165, 1.54) is 12.0 Å². The van der Waals surface area contributed by atoms with Crippen molar-refractivity contribution in [2.24, 2.45) is 5.92 Å². The molecule has 0 aliphatic heterocycles. The first kappa shape index (κ1) is 13.3. The van der Waals surface area contributed by atoms with Crippen LogP contribution in [0, 0.1) is 5.92 Å². The molecule has 2 atom stereocenters. The lowest BCUT2D eigenvalue weighted by Gasteiger charge is -2.00. The highest BCUT2D eigenvalue weighted by molar-refractivity contribution is 5.28. The molecule has 0 bridgehead atoms. The van der Waals surface area contributed by atoms with Gasteiger partial charge in [0.15, 0.2) is 0 Å². The van der Waals surface area contributed by atoms with E-state index in [1.54, 1.807) is 7.11 Å². The van der Waals surface area contributed by atoms with Crippen molar-refractivity contribution >= 4 is 0 Å². The van der Waals surface area contributed by atoms with Gasteiger partial charge in [0, 0.05) is 13.7 Å². The molecule has 0 radical (unpaired) electrons. The first-order valence-electron chi connectivity index (χ1n) is 6.83. The van der Waals surface area contributed by atoms with Crippen molar-refractivity contribution in [1.29, 1.82) is 0 Å². The Bertz CT molecular complexity index is 361. The highest BCUT2D eigenvalue weighted by Gasteiger charge is 2.35. The first-order valence-corrected chi connectivity index (χ1v) is 6.83. The monoisotopic (exact) mass is 245 g/mol. The third kappa shape index (κ3) is 4.28. The van der Waals surface area contributed by atoms with Crippen molar-refractivity contribution in [3.63, 3.8) is 0 Å². The van der Waals surface area contributed by atoms with Crippen LogP contribution in [0.1, 0.15) is 24.3 Å². The molecule has 2 unspecified atom stereocenters. The molecule has 1 aromatic carbocycles. The molecule has 2 heteroatoms. The van der Waals surface area contributed by atoms with Gasteiger partial charge >= 0.3 is 0 Å². The minimum Gasteiger partial charge on any atom is -0.383 e. The zero-order valence-corrected chi connectivity index (χ0v) is 11.1. The molecule has 18 heavy (non-hydrogen) atoms. The van der Waals surface area contributed by atoms with E-state index in [2.05, 4.69) is 47.8 Å². The highest BCUT2D eigenvalue weighted by atomic mass is 16.5. The zero-order chi connectivity index (χ0) is 12.6. The maximum Gasteiger partial charge on any atom is 0.0587 e. The first-order chi connectivity index (χ1) is 8.92. The van der Waals surface area contributed by atoms with Crippen molar-refractivity contribution < 1.29 is 4.74 Å². The molecule has 0 aromatic heterocycles. The molecular formula is C16H23NO. The number of rotatable bonds is 8. The highest BCUT2D eigenvalue weighted by Crippen LogP contribution is 2.48. The van der Waals surface area contributed by atoms with Gasteiger partial charge in [-0.25, -0.2) is 0 Å². The standard InChI is InChI=1S/C16H23NO/c1-18-12-11-17-10-6-5-9-15-13-16(15)14-7-3-2-4-8-14/h2-5,7-9,15-17H,6,10-13H2,1H3/b9-5+. The molecule has 98 valence electrons. The van der Waals surface area contributed by atoms with E-state index in [1.807, 2.05) is 0 Å². The van der Waals surface area contributed by atoms with Crippen molar-refractivity contribution in [3.8, 4) is 0 Å². The molecule has 1 aliphatic rings. The molecule has 2 nitrogen and oxygen atoms in total. The molecule has 1 aliphatic carbocycles. The van der Waals surface area contributed by atoms with Crippen LogP contribution in [0.2, 0.25) is 0 Å². The average Bonchev–Trinajstić information content (AvgIpc) is 3.18. The number of hydrogen-bond acceptors (Lipinski definition) is 2.